The smallest absolute Gasteiger partial charge is 0.125 e. The van der Waals surface area contributed by atoms with E-state index in [0.717, 1.165) is 24.2 Å². The third-order valence-electron chi connectivity index (χ3n) is 3.27. The molecule has 0 bridgehead atoms. The van der Waals surface area contributed by atoms with E-state index >= 15 is 0 Å². The van der Waals surface area contributed by atoms with Crippen LogP contribution in [0.5, 0.6) is 0 Å². The van der Waals surface area contributed by atoms with E-state index in [1.54, 1.807) is 6.07 Å². The maximum atomic E-state index is 13.2. The number of aliphatic hydroxyl groups is 1. The third-order valence-corrected chi connectivity index (χ3v) is 3.27. The molecule has 0 spiro atoms. The van der Waals surface area contributed by atoms with Gasteiger partial charge < -0.3 is 15.3 Å². The summed E-state index contributed by atoms with van der Waals surface area (Å²) in [7, 11) is 3.77. The number of nitrogens with zero attached hydrogens (tertiary/aromatic N) is 1. The summed E-state index contributed by atoms with van der Waals surface area (Å²) in [6, 6.07) is 4.73. The number of anilines is 1. The molecular formula is C13H19FN2O. The Balaban J connectivity index is 2.25. The van der Waals surface area contributed by atoms with Crippen LogP contribution in [0.4, 0.5) is 10.1 Å². The first kappa shape index (κ1) is 12.3. The number of halogens is 1. The van der Waals surface area contributed by atoms with Crippen molar-refractivity contribution in [3.63, 3.8) is 0 Å². The highest BCUT2D eigenvalue weighted by Crippen LogP contribution is 2.27. The van der Waals surface area contributed by atoms with E-state index in [2.05, 4.69) is 5.32 Å². The van der Waals surface area contributed by atoms with E-state index in [1.165, 1.54) is 12.1 Å². The van der Waals surface area contributed by atoms with Crippen LogP contribution in [0.15, 0.2) is 18.2 Å². The first-order valence-electron chi connectivity index (χ1n) is 5.89. The van der Waals surface area contributed by atoms with E-state index < -0.39 is 5.60 Å². The summed E-state index contributed by atoms with van der Waals surface area (Å²) in [6.45, 7) is 1.45. The standard InChI is InChI=1S/C13H19FN2O/c1-16(2)12-7-11(14)4-3-10(12)8-13(17)5-6-15-9-13/h3-4,7,15,17H,5-6,8-9H2,1-2H3. The van der Waals surface area contributed by atoms with Crippen molar-refractivity contribution in [1.29, 1.82) is 0 Å². The van der Waals surface area contributed by atoms with Crippen LogP contribution in [0.25, 0.3) is 0 Å². The molecule has 1 aromatic rings. The van der Waals surface area contributed by atoms with Crippen LogP contribution in [0.1, 0.15) is 12.0 Å². The lowest BCUT2D eigenvalue weighted by Crippen LogP contribution is -2.34. The van der Waals surface area contributed by atoms with E-state index in [0.29, 0.717) is 13.0 Å². The molecule has 0 saturated carbocycles. The Bertz CT molecular complexity index is 400. The van der Waals surface area contributed by atoms with Gasteiger partial charge in [0, 0.05) is 32.7 Å². The second-order valence-electron chi connectivity index (χ2n) is 5.00. The fraction of sp³-hybridized carbons (Fsp3) is 0.538. The molecule has 1 unspecified atom stereocenters. The zero-order valence-electron chi connectivity index (χ0n) is 10.3. The Morgan fingerprint density at radius 3 is 2.82 bits per heavy atom. The molecule has 2 rings (SSSR count). The minimum atomic E-state index is -0.692. The molecule has 1 saturated heterocycles. The molecule has 1 heterocycles. The molecule has 0 amide bonds. The lowest BCUT2D eigenvalue weighted by atomic mass is 9.92. The summed E-state index contributed by atoms with van der Waals surface area (Å²) in [5.74, 6) is -0.242. The number of nitrogens with one attached hydrogen (secondary N) is 1. The van der Waals surface area contributed by atoms with Crippen molar-refractivity contribution in [2.24, 2.45) is 0 Å². The first-order valence-corrected chi connectivity index (χ1v) is 5.89. The highest BCUT2D eigenvalue weighted by Gasteiger charge is 2.31. The molecule has 0 aromatic heterocycles. The lowest BCUT2D eigenvalue weighted by molar-refractivity contribution is 0.0620. The number of hydrogen-bond acceptors (Lipinski definition) is 3. The van der Waals surface area contributed by atoms with Crippen LogP contribution < -0.4 is 10.2 Å². The van der Waals surface area contributed by atoms with Gasteiger partial charge in [0.05, 0.1) is 5.60 Å². The predicted molar refractivity (Wildman–Crippen MR) is 66.9 cm³/mol. The SMILES string of the molecule is CN(C)c1cc(F)ccc1CC1(O)CCNC1. The van der Waals surface area contributed by atoms with Gasteiger partial charge >= 0.3 is 0 Å². The molecule has 1 fully saturated rings. The Morgan fingerprint density at radius 2 is 2.24 bits per heavy atom. The summed E-state index contributed by atoms with van der Waals surface area (Å²) in [6.07, 6.45) is 1.31. The lowest BCUT2D eigenvalue weighted by Gasteiger charge is -2.25. The van der Waals surface area contributed by atoms with Gasteiger partial charge in [0.25, 0.3) is 0 Å². The Morgan fingerprint density at radius 1 is 1.47 bits per heavy atom. The van der Waals surface area contributed by atoms with Crippen LogP contribution in [0.2, 0.25) is 0 Å². The molecule has 94 valence electrons. The monoisotopic (exact) mass is 238 g/mol. The highest BCUT2D eigenvalue weighted by molar-refractivity contribution is 5.53. The van der Waals surface area contributed by atoms with Gasteiger partial charge in [-0.2, -0.15) is 0 Å². The summed E-state index contributed by atoms with van der Waals surface area (Å²) in [5.41, 5.74) is 1.13. The Kier molecular flexibility index (Phi) is 3.35. The number of benzene rings is 1. The second-order valence-corrected chi connectivity index (χ2v) is 5.00. The first-order chi connectivity index (χ1) is 8.00. The average molecular weight is 238 g/mol. The van der Waals surface area contributed by atoms with Crippen LogP contribution in [-0.4, -0.2) is 37.9 Å². The van der Waals surface area contributed by atoms with E-state index in [4.69, 9.17) is 0 Å². The van der Waals surface area contributed by atoms with Gasteiger partial charge in [-0.25, -0.2) is 4.39 Å². The van der Waals surface area contributed by atoms with E-state index in [1.807, 2.05) is 19.0 Å². The normalized spacial score (nSPS) is 24.0. The summed E-state index contributed by atoms with van der Waals surface area (Å²) in [5, 5.41) is 13.5. The van der Waals surface area contributed by atoms with Crippen LogP contribution in [0, 0.1) is 5.82 Å². The fourth-order valence-electron chi connectivity index (χ4n) is 2.34. The molecule has 0 aliphatic carbocycles. The summed E-state index contributed by atoms with van der Waals surface area (Å²) in [4.78, 5) is 1.88. The minimum Gasteiger partial charge on any atom is -0.388 e. The van der Waals surface area contributed by atoms with Gasteiger partial charge in [0.15, 0.2) is 0 Å². The molecular weight excluding hydrogens is 219 g/mol. The van der Waals surface area contributed by atoms with Crippen molar-refractivity contribution in [2.45, 2.75) is 18.4 Å². The minimum absolute atomic E-state index is 0.242. The third kappa shape index (κ3) is 2.76. The highest BCUT2D eigenvalue weighted by atomic mass is 19.1. The zero-order valence-corrected chi connectivity index (χ0v) is 10.3. The molecule has 3 nitrogen and oxygen atoms in total. The van der Waals surface area contributed by atoms with Crippen molar-refractivity contribution in [2.75, 3.05) is 32.1 Å². The van der Waals surface area contributed by atoms with Gasteiger partial charge in [0.2, 0.25) is 0 Å². The van der Waals surface area contributed by atoms with Crippen molar-refractivity contribution < 1.29 is 9.50 Å². The quantitative estimate of drug-likeness (QED) is 0.829. The van der Waals surface area contributed by atoms with E-state index in [9.17, 15) is 9.50 Å². The molecule has 1 atom stereocenters. The summed E-state index contributed by atoms with van der Waals surface area (Å²) < 4.78 is 13.2. The maximum Gasteiger partial charge on any atom is 0.125 e. The Hall–Kier alpha value is -1.13. The van der Waals surface area contributed by atoms with Gasteiger partial charge in [-0.05, 0) is 30.7 Å². The van der Waals surface area contributed by atoms with Crippen LogP contribution in [-0.2, 0) is 6.42 Å². The van der Waals surface area contributed by atoms with Gasteiger partial charge in [-0.15, -0.1) is 0 Å². The van der Waals surface area contributed by atoms with Crippen molar-refractivity contribution >= 4 is 5.69 Å². The van der Waals surface area contributed by atoms with Crippen LogP contribution >= 0.6 is 0 Å². The zero-order chi connectivity index (χ0) is 12.5. The van der Waals surface area contributed by atoms with Gasteiger partial charge in [0.1, 0.15) is 5.82 Å². The molecule has 0 radical (unpaired) electrons. The van der Waals surface area contributed by atoms with Crippen molar-refractivity contribution in [1.82, 2.24) is 5.32 Å². The Labute approximate surface area is 101 Å². The average Bonchev–Trinajstić information content (AvgIpc) is 2.67. The molecule has 2 N–H and O–H groups in total. The molecule has 17 heavy (non-hydrogen) atoms. The topological polar surface area (TPSA) is 35.5 Å². The molecule has 1 aliphatic rings. The largest absolute Gasteiger partial charge is 0.388 e. The summed E-state index contributed by atoms with van der Waals surface area (Å²) >= 11 is 0. The van der Waals surface area contributed by atoms with Gasteiger partial charge in [-0.3, -0.25) is 0 Å². The number of β-amino-alcohol motifs (C(OH)–C–C–N with tert-alkyl or cyclic N) is 1. The predicted octanol–water partition coefficient (Wildman–Crippen LogP) is 1.16. The second kappa shape index (κ2) is 4.63. The number of rotatable bonds is 3. The van der Waals surface area contributed by atoms with Gasteiger partial charge in [-0.1, -0.05) is 6.07 Å². The molecule has 4 heteroatoms. The molecule has 1 aliphatic heterocycles. The van der Waals surface area contributed by atoms with Crippen molar-refractivity contribution in [3.05, 3.63) is 29.6 Å². The maximum absolute atomic E-state index is 13.2. The van der Waals surface area contributed by atoms with Crippen molar-refractivity contribution in [3.8, 4) is 0 Å². The molecule has 1 aromatic carbocycles. The van der Waals surface area contributed by atoms with Crippen LogP contribution in [0.3, 0.4) is 0 Å². The van der Waals surface area contributed by atoms with E-state index in [-0.39, 0.29) is 5.82 Å². The fourth-order valence-corrected chi connectivity index (χ4v) is 2.34. The number of hydrogen-bond donors (Lipinski definition) is 2.